The molecular weight excluding hydrogens is 246 g/mol. The van der Waals surface area contributed by atoms with Crippen LogP contribution in [-0.4, -0.2) is 28.6 Å². The largest absolute Gasteiger partial charge is 0.368 e. The van der Waals surface area contributed by atoms with Crippen molar-refractivity contribution in [2.75, 3.05) is 0 Å². The van der Waals surface area contributed by atoms with Crippen LogP contribution in [0.3, 0.4) is 0 Å². The number of hydrogen-bond acceptors (Lipinski definition) is 4. The number of carbonyl (C=O) groups is 3. The predicted molar refractivity (Wildman–Crippen MR) is 69.2 cm³/mol. The van der Waals surface area contributed by atoms with Crippen molar-refractivity contribution in [3.05, 3.63) is 30.1 Å². The van der Waals surface area contributed by atoms with Crippen molar-refractivity contribution in [2.24, 2.45) is 5.73 Å². The molecule has 0 bridgehead atoms. The highest BCUT2D eigenvalue weighted by molar-refractivity contribution is 5.97. The van der Waals surface area contributed by atoms with Gasteiger partial charge in [-0.2, -0.15) is 0 Å². The van der Waals surface area contributed by atoms with Crippen molar-refractivity contribution in [2.45, 2.75) is 32.2 Å². The number of nitrogens with zero attached hydrogens (tertiary/aromatic N) is 1. The van der Waals surface area contributed by atoms with Gasteiger partial charge in [-0.3, -0.25) is 19.4 Å². The number of carbonyl (C=O) groups excluding carboxylic acids is 3. The Bertz CT molecular complexity index is 459. The van der Waals surface area contributed by atoms with Gasteiger partial charge in [0.2, 0.25) is 5.91 Å². The first kappa shape index (κ1) is 14.8. The number of ketones is 1. The van der Waals surface area contributed by atoms with E-state index in [1.54, 1.807) is 25.3 Å². The molecule has 0 aromatic carbocycles. The normalized spacial score (nSPS) is 11.6. The quantitative estimate of drug-likeness (QED) is 0.744. The van der Waals surface area contributed by atoms with Gasteiger partial charge in [-0.1, -0.05) is 6.92 Å². The number of rotatable bonds is 7. The molecule has 0 radical (unpaired) electrons. The van der Waals surface area contributed by atoms with Crippen molar-refractivity contribution in [1.82, 2.24) is 10.3 Å². The summed E-state index contributed by atoms with van der Waals surface area (Å²) in [5.41, 5.74) is 5.55. The molecule has 1 atom stereocenters. The van der Waals surface area contributed by atoms with Gasteiger partial charge in [-0.05, 0) is 18.6 Å². The second kappa shape index (κ2) is 7.25. The third-order valence-corrected chi connectivity index (χ3v) is 2.68. The number of pyridine rings is 1. The Morgan fingerprint density at radius 2 is 2.16 bits per heavy atom. The number of primary amides is 1. The fraction of sp³-hybridized carbons (Fsp3) is 0.385. The summed E-state index contributed by atoms with van der Waals surface area (Å²) < 4.78 is 0. The molecule has 1 aromatic heterocycles. The van der Waals surface area contributed by atoms with Crippen LogP contribution >= 0.6 is 0 Å². The molecule has 1 heterocycles. The van der Waals surface area contributed by atoms with E-state index in [4.69, 9.17) is 5.73 Å². The van der Waals surface area contributed by atoms with Crippen molar-refractivity contribution in [3.8, 4) is 0 Å². The first-order valence-electron chi connectivity index (χ1n) is 6.06. The number of nitrogens with two attached hydrogens (primary N) is 1. The summed E-state index contributed by atoms with van der Waals surface area (Å²) in [6, 6.07) is 2.36. The van der Waals surface area contributed by atoms with Gasteiger partial charge in [0.25, 0.3) is 5.91 Å². The molecule has 102 valence electrons. The van der Waals surface area contributed by atoms with Crippen molar-refractivity contribution in [1.29, 1.82) is 0 Å². The smallest absolute Gasteiger partial charge is 0.253 e. The van der Waals surface area contributed by atoms with Crippen LogP contribution in [0.15, 0.2) is 24.5 Å². The molecule has 0 aliphatic carbocycles. The lowest BCUT2D eigenvalue weighted by molar-refractivity contribution is -0.121. The van der Waals surface area contributed by atoms with Crippen LogP contribution in [0.2, 0.25) is 0 Å². The van der Waals surface area contributed by atoms with E-state index >= 15 is 0 Å². The van der Waals surface area contributed by atoms with E-state index in [9.17, 15) is 14.4 Å². The van der Waals surface area contributed by atoms with Gasteiger partial charge in [0.05, 0.1) is 5.56 Å². The molecule has 0 spiro atoms. The summed E-state index contributed by atoms with van der Waals surface area (Å²) in [4.78, 5) is 38.1. The number of Topliss-reactive ketones (excluding diaryl/α,β-unsaturated/α-hetero) is 1. The highest BCUT2D eigenvalue weighted by atomic mass is 16.2. The molecule has 6 nitrogen and oxygen atoms in total. The second-order valence-corrected chi connectivity index (χ2v) is 4.10. The van der Waals surface area contributed by atoms with Gasteiger partial charge < -0.3 is 11.1 Å². The lowest BCUT2D eigenvalue weighted by Gasteiger charge is -2.14. The van der Waals surface area contributed by atoms with Crippen LogP contribution in [0.4, 0.5) is 0 Å². The molecule has 0 unspecified atom stereocenters. The third-order valence-electron chi connectivity index (χ3n) is 2.68. The van der Waals surface area contributed by atoms with Gasteiger partial charge >= 0.3 is 0 Å². The first-order valence-corrected chi connectivity index (χ1v) is 6.06. The highest BCUT2D eigenvalue weighted by Crippen LogP contribution is 2.03. The van der Waals surface area contributed by atoms with Crippen LogP contribution < -0.4 is 11.1 Å². The fourth-order valence-corrected chi connectivity index (χ4v) is 1.51. The number of aromatic nitrogens is 1. The Balaban J connectivity index is 2.61. The average Bonchev–Trinajstić information content (AvgIpc) is 2.43. The Morgan fingerprint density at radius 1 is 1.42 bits per heavy atom. The summed E-state index contributed by atoms with van der Waals surface area (Å²) in [6.45, 7) is 1.75. The lowest BCUT2D eigenvalue weighted by atomic mass is 10.1. The van der Waals surface area contributed by atoms with E-state index in [0.29, 0.717) is 12.0 Å². The van der Waals surface area contributed by atoms with Gasteiger partial charge in [-0.15, -0.1) is 0 Å². The molecule has 19 heavy (non-hydrogen) atoms. The fourth-order valence-electron chi connectivity index (χ4n) is 1.51. The van der Waals surface area contributed by atoms with Gasteiger partial charge in [0.1, 0.15) is 11.8 Å². The molecule has 6 heteroatoms. The molecule has 0 aliphatic rings. The van der Waals surface area contributed by atoms with E-state index in [2.05, 4.69) is 10.3 Å². The number of amides is 2. The summed E-state index contributed by atoms with van der Waals surface area (Å²) in [7, 11) is 0. The summed E-state index contributed by atoms with van der Waals surface area (Å²) >= 11 is 0. The van der Waals surface area contributed by atoms with Gasteiger partial charge in [0, 0.05) is 25.2 Å². The van der Waals surface area contributed by atoms with Crippen molar-refractivity contribution >= 4 is 17.6 Å². The van der Waals surface area contributed by atoms with Gasteiger partial charge in [0.15, 0.2) is 0 Å². The molecule has 0 fully saturated rings. The molecule has 1 aromatic rings. The van der Waals surface area contributed by atoms with Crippen LogP contribution in [0.1, 0.15) is 36.5 Å². The van der Waals surface area contributed by atoms with E-state index in [-0.39, 0.29) is 18.6 Å². The summed E-state index contributed by atoms with van der Waals surface area (Å²) in [5, 5.41) is 2.51. The zero-order valence-corrected chi connectivity index (χ0v) is 10.8. The molecular formula is C13H17N3O3. The highest BCUT2D eigenvalue weighted by Gasteiger charge is 2.19. The molecule has 0 saturated carbocycles. The van der Waals surface area contributed by atoms with E-state index in [1.165, 1.54) is 6.20 Å². The topological polar surface area (TPSA) is 102 Å². The average molecular weight is 263 g/mol. The Labute approximate surface area is 111 Å². The van der Waals surface area contributed by atoms with Crippen molar-refractivity contribution in [3.63, 3.8) is 0 Å². The summed E-state index contributed by atoms with van der Waals surface area (Å²) in [5.74, 6) is -1.05. The second-order valence-electron chi connectivity index (χ2n) is 4.10. The van der Waals surface area contributed by atoms with Crippen LogP contribution in [0.5, 0.6) is 0 Å². The molecule has 1 rings (SSSR count). The molecule has 0 aliphatic heterocycles. The zero-order valence-electron chi connectivity index (χ0n) is 10.8. The maximum absolute atomic E-state index is 11.8. The monoisotopic (exact) mass is 263 g/mol. The standard InChI is InChI=1S/C13H17N3O3/c1-2-10(17)5-6-11(12(14)18)16-13(19)9-4-3-7-15-8-9/h3-4,7-8,11H,2,5-6H2,1H3,(H2,14,18)(H,16,19)/t11-/m0/s1. The minimum Gasteiger partial charge on any atom is -0.368 e. The SMILES string of the molecule is CCC(=O)CC[C@H](NC(=O)c1cccnc1)C(N)=O. The van der Waals surface area contributed by atoms with E-state index in [0.717, 1.165) is 0 Å². The van der Waals surface area contributed by atoms with Gasteiger partial charge in [-0.25, -0.2) is 0 Å². The zero-order chi connectivity index (χ0) is 14.3. The van der Waals surface area contributed by atoms with Crippen LogP contribution in [0.25, 0.3) is 0 Å². The number of hydrogen-bond donors (Lipinski definition) is 2. The minimum atomic E-state index is -0.844. The number of nitrogens with one attached hydrogen (secondary N) is 1. The predicted octanol–water partition coefficient (Wildman–Crippen LogP) is 0.425. The molecule has 2 amide bonds. The minimum absolute atomic E-state index is 0.0295. The van der Waals surface area contributed by atoms with Crippen molar-refractivity contribution < 1.29 is 14.4 Å². The molecule has 3 N–H and O–H groups in total. The van der Waals surface area contributed by atoms with E-state index in [1.807, 2.05) is 0 Å². The third kappa shape index (κ3) is 4.87. The molecule has 0 saturated heterocycles. The Morgan fingerprint density at radius 3 is 2.68 bits per heavy atom. The van der Waals surface area contributed by atoms with Crippen LogP contribution in [0, 0.1) is 0 Å². The Kier molecular flexibility index (Phi) is 5.66. The maximum atomic E-state index is 11.8. The maximum Gasteiger partial charge on any atom is 0.253 e. The van der Waals surface area contributed by atoms with E-state index < -0.39 is 17.9 Å². The summed E-state index contributed by atoms with van der Waals surface area (Å²) in [6.07, 6.45) is 3.78. The first-order chi connectivity index (χ1) is 9.04. The van der Waals surface area contributed by atoms with Crippen LogP contribution in [-0.2, 0) is 9.59 Å². The Hall–Kier alpha value is -2.24. The lowest BCUT2D eigenvalue weighted by Crippen LogP contribution is -2.44.